The molecule has 1 aromatic rings. The lowest BCUT2D eigenvalue weighted by atomic mass is 10.2. The predicted molar refractivity (Wildman–Crippen MR) is 71.1 cm³/mol. The van der Waals surface area contributed by atoms with Crippen LogP contribution in [0.1, 0.15) is 18.9 Å². The fraction of sp³-hybridized carbons (Fsp3) is 0.462. The Labute approximate surface area is 108 Å². The van der Waals surface area contributed by atoms with E-state index in [2.05, 4.69) is 5.32 Å². The van der Waals surface area contributed by atoms with Gasteiger partial charge in [-0.25, -0.2) is 0 Å². The van der Waals surface area contributed by atoms with Gasteiger partial charge in [0.05, 0.1) is 0 Å². The monoisotopic (exact) mass is 254 g/mol. The fourth-order valence-corrected chi connectivity index (χ4v) is 1.83. The first kappa shape index (κ1) is 14.0. The van der Waals surface area contributed by atoms with Crippen LogP contribution in [0.3, 0.4) is 0 Å². The van der Waals surface area contributed by atoms with Crippen LogP contribution < -0.4 is 5.32 Å². The number of amides is 1. The molecule has 0 aliphatic rings. The first-order valence-corrected chi connectivity index (χ1v) is 6.22. The van der Waals surface area contributed by atoms with E-state index in [9.17, 15) is 4.79 Å². The summed E-state index contributed by atoms with van der Waals surface area (Å²) in [6.07, 6.45) is 0.533. The second-order valence-electron chi connectivity index (χ2n) is 3.89. The molecule has 0 spiro atoms. The molecule has 0 aliphatic carbocycles. The minimum Gasteiger partial charge on any atom is -0.339 e. The van der Waals surface area contributed by atoms with Crippen LogP contribution in [0.15, 0.2) is 24.3 Å². The Bertz CT molecular complexity index is 368. The summed E-state index contributed by atoms with van der Waals surface area (Å²) in [5, 5.41) is 3.69. The Morgan fingerprint density at radius 1 is 1.47 bits per heavy atom. The normalized spacial score (nSPS) is 10.3. The second kappa shape index (κ2) is 7.30. The standard InChI is InChI=1S/C13H19ClN2O/c1-3-16(13(17)7-8-15-2)10-11-5-4-6-12(14)9-11/h4-6,9,15H,3,7-8,10H2,1-2H3. The highest BCUT2D eigenvalue weighted by Gasteiger charge is 2.11. The third-order valence-electron chi connectivity index (χ3n) is 2.59. The van der Waals surface area contributed by atoms with Gasteiger partial charge in [-0.2, -0.15) is 0 Å². The Hall–Kier alpha value is -1.06. The third kappa shape index (κ3) is 4.75. The Kier molecular flexibility index (Phi) is 6.01. The van der Waals surface area contributed by atoms with Gasteiger partial charge in [0.1, 0.15) is 0 Å². The molecule has 0 saturated carbocycles. The molecule has 0 fully saturated rings. The van der Waals surface area contributed by atoms with E-state index in [1.165, 1.54) is 0 Å². The third-order valence-corrected chi connectivity index (χ3v) is 2.82. The zero-order valence-electron chi connectivity index (χ0n) is 10.4. The SMILES string of the molecule is CCN(Cc1cccc(Cl)c1)C(=O)CCNC. The van der Waals surface area contributed by atoms with E-state index < -0.39 is 0 Å². The van der Waals surface area contributed by atoms with E-state index in [4.69, 9.17) is 11.6 Å². The van der Waals surface area contributed by atoms with Crippen molar-refractivity contribution < 1.29 is 4.79 Å². The molecule has 0 bridgehead atoms. The number of hydrogen-bond donors (Lipinski definition) is 1. The van der Waals surface area contributed by atoms with Crippen LogP contribution >= 0.6 is 11.6 Å². The predicted octanol–water partition coefficient (Wildman–Crippen LogP) is 2.30. The Morgan fingerprint density at radius 2 is 2.24 bits per heavy atom. The molecule has 94 valence electrons. The molecule has 1 aromatic carbocycles. The number of rotatable bonds is 6. The summed E-state index contributed by atoms with van der Waals surface area (Å²) in [4.78, 5) is 13.7. The van der Waals surface area contributed by atoms with Crippen molar-refractivity contribution in [2.75, 3.05) is 20.1 Å². The van der Waals surface area contributed by atoms with E-state index in [1.807, 2.05) is 43.1 Å². The molecule has 17 heavy (non-hydrogen) atoms. The summed E-state index contributed by atoms with van der Waals surface area (Å²) in [6.45, 7) is 4.04. The first-order chi connectivity index (χ1) is 8.17. The maximum atomic E-state index is 11.9. The maximum Gasteiger partial charge on any atom is 0.224 e. The molecule has 0 aliphatic heterocycles. The number of nitrogens with zero attached hydrogens (tertiary/aromatic N) is 1. The van der Waals surface area contributed by atoms with Gasteiger partial charge in [0.2, 0.25) is 5.91 Å². The van der Waals surface area contributed by atoms with Gasteiger partial charge < -0.3 is 10.2 Å². The zero-order valence-corrected chi connectivity index (χ0v) is 11.1. The molecular weight excluding hydrogens is 236 g/mol. The molecule has 0 heterocycles. The van der Waals surface area contributed by atoms with Gasteiger partial charge in [-0.15, -0.1) is 0 Å². The Morgan fingerprint density at radius 3 is 2.82 bits per heavy atom. The minimum atomic E-state index is 0.168. The lowest BCUT2D eigenvalue weighted by Gasteiger charge is -2.21. The average molecular weight is 255 g/mol. The van der Waals surface area contributed by atoms with E-state index in [1.54, 1.807) is 0 Å². The van der Waals surface area contributed by atoms with Gasteiger partial charge >= 0.3 is 0 Å². The summed E-state index contributed by atoms with van der Waals surface area (Å²) < 4.78 is 0. The number of halogens is 1. The lowest BCUT2D eigenvalue weighted by molar-refractivity contribution is -0.131. The van der Waals surface area contributed by atoms with Gasteiger partial charge in [-0.05, 0) is 31.7 Å². The number of nitrogens with one attached hydrogen (secondary N) is 1. The number of hydrogen-bond acceptors (Lipinski definition) is 2. The molecule has 0 saturated heterocycles. The molecule has 1 amide bonds. The van der Waals surface area contributed by atoms with Crippen molar-refractivity contribution in [3.63, 3.8) is 0 Å². The van der Waals surface area contributed by atoms with Crippen molar-refractivity contribution >= 4 is 17.5 Å². The average Bonchev–Trinajstić information content (AvgIpc) is 2.33. The van der Waals surface area contributed by atoms with E-state index in [0.717, 1.165) is 12.1 Å². The minimum absolute atomic E-state index is 0.168. The van der Waals surface area contributed by atoms with Gasteiger partial charge in [0.25, 0.3) is 0 Å². The number of carbonyl (C=O) groups excluding carboxylic acids is 1. The number of benzene rings is 1. The molecule has 0 atom stereocenters. The lowest BCUT2D eigenvalue weighted by Crippen LogP contribution is -2.32. The quantitative estimate of drug-likeness (QED) is 0.845. The summed E-state index contributed by atoms with van der Waals surface area (Å²) in [5.41, 5.74) is 1.07. The summed E-state index contributed by atoms with van der Waals surface area (Å²) in [7, 11) is 1.85. The molecule has 3 nitrogen and oxygen atoms in total. The van der Waals surface area contributed by atoms with Crippen LogP contribution in [0.2, 0.25) is 5.02 Å². The molecule has 1 N–H and O–H groups in total. The topological polar surface area (TPSA) is 32.3 Å². The van der Waals surface area contributed by atoms with Crippen LogP contribution in [0, 0.1) is 0 Å². The van der Waals surface area contributed by atoms with Crippen LogP contribution in [0.25, 0.3) is 0 Å². The van der Waals surface area contributed by atoms with Crippen LogP contribution in [0.5, 0.6) is 0 Å². The highest BCUT2D eigenvalue weighted by atomic mass is 35.5. The van der Waals surface area contributed by atoms with Gasteiger partial charge in [-0.3, -0.25) is 4.79 Å². The molecule has 0 radical (unpaired) electrons. The first-order valence-electron chi connectivity index (χ1n) is 5.84. The molecule has 0 aromatic heterocycles. The van der Waals surface area contributed by atoms with Crippen LogP contribution in [0.4, 0.5) is 0 Å². The maximum absolute atomic E-state index is 11.9. The highest BCUT2D eigenvalue weighted by Crippen LogP contribution is 2.13. The number of carbonyl (C=O) groups is 1. The van der Waals surface area contributed by atoms with Gasteiger partial charge in [0.15, 0.2) is 0 Å². The van der Waals surface area contributed by atoms with Crippen molar-refractivity contribution in [3.8, 4) is 0 Å². The fourth-order valence-electron chi connectivity index (χ4n) is 1.62. The summed E-state index contributed by atoms with van der Waals surface area (Å²) >= 11 is 5.92. The van der Waals surface area contributed by atoms with Crippen molar-refractivity contribution in [3.05, 3.63) is 34.9 Å². The van der Waals surface area contributed by atoms with E-state index in [-0.39, 0.29) is 5.91 Å². The Balaban J connectivity index is 2.60. The van der Waals surface area contributed by atoms with Crippen molar-refractivity contribution in [2.24, 2.45) is 0 Å². The molecule has 4 heteroatoms. The van der Waals surface area contributed by atoms with Crippen LogP contribution in [-0.4, -0.2) is 30.9 Å². The van der Waals surface area contributed by atoms with E-state index in [0.29, 0.717) is 24.5 Å². The largest absolute Gasteiger partial charge is 0.339 e. The molecule has 1 rings (SSSR count). The summed E-state index contributed by atoms with van der Waals surface area (Å²) in [5.74, 6) is 0.168. The smallest absolute Gasteiger partial charge is 0.224 e. The van der Waals surface area contributed by atoms with Gasteiger partial charge in [0, 0.05) is 31.1 Å². The van der Waals surface area contributed by atoms with Gasteiger partial charge in [-0.1, -0.05) is 23.7 Å². The summed E-state index contributed by atoms with van der Waals surface area (Å²) in [6, 6.07) is 7.63. The van der Waals surface area contributed by atoms with E-state index >= 15 is 0 Å². The van der Waals surface area contributed by atoms with Crippen LogP contribution in [-0.2, 0) is 11.3 Å². The van der Waals surface area contributed by atoms with Crippen molar-refractivity contribution in [1.82, 2.24) is 10.2 Å². The van der Waals surface area contributed by atoms with Crippen molar-refractivity contribution in [2.45, 2.75) is 19.9 Å². The van der Waals surface area contributed by atoms with Crippen molar-refractivity contribution in [1.29, 1.82) is 0 Å². The zero-order chi connectivity index (χ0) is 12.7. The molecule has 0 unspecified atom stereocenters. The second-order valence-corrected chi connectivity index (χ2v) is 4.33. The highest BCUT2D eigenvalue weighted by molar-refractivity contribution is 6.30. The molecular formula is C13H19ClN2O.